The molecule has 4 rings (SSSR count). The van der Waals surface area contributed by atoms with Crippen LogP contribution in [0.5, 0.6) is 0 Å². The molecule has 0 saturated heterocycles. The maximum absolute atomic E-state index is 13.6. The van der Waals surface area contributed by atoms with E-state index in [1.807, 2.05) is 45.4 Å². The Morgan fingerprint density at radius 3 is 2.41 bits per heavy atom. The van der Waals surface area contributed by atoms with Gasteiger partial charge in [-0.2, -0.15) is 0 Å². The van der Waals surface area contributed by atoms with Crippen LogP contribution < -0.4 is 21.0 Å². The van der Waals surface area contributed by atoms with Crippen molar-refractivity contribution in [1.29, 1.82) is 0 Å². The van der Waals surface area contributed by atoms with Crippen molar-refractivity contribution in [3.63, 3.8) is 0 Å². The van der Waals surface area contributed by atoms with Crippen molar-refractivity contribution in [2.24, 2.45) is 0 Å². The highest BCUT2D eigenvalue weighted by Gasteiger charge is 2.25. The number of carbonyl (C=O) groups is 1. The number of hydrogen-bond acceptors (Lipinski definition) is 6. The first-order valence-corrected chi connectivity index (χ1v) is 14.7. The number of H-pyrrole nitrogens is 1. The Labute approximate surface area is 248 Å². The molecular formula is C32H44ClN5O3. The largest absolute Gasteiger partial charge is 0.378 e. The highest BCUT2D eigenvalue weighted by molar-refractivity contribution is 6.30. The fourth-order valence-electron chi connectivity index (χ4n) is 5.35. The van der Waals surface area contributed by atoms with Crippen LogP contribution in [0.2, 0.25) is 5.15 Å². The van der Waals surface area contributed by atoms with Gasteiger partial charge in [0.1, 0.15) is 5.15 Å². The molecule has 0 unspecified atom stereocenters. The van der Waals surface area contributed by atoms with Crippen molar-refractivity contribution in [3.05, 3.63) is 80.0 Å². The van der Waals surface area contributed by atoms with Crippen molar-refractivity contribution in [2.45, 2.75) is 72.1 Å². The van der Waals surface area contributed by atoms with Gasteiger partial charge in [0.15, 0.2) is 5.43 Å². The Balaban J connectivity index is 0.00000147. The van der Waals surface area contributed by atoms with Crippen molar-refractivity contribution >= 4 is 23.2 Å². The zero-order chi connectivity index (χ0) is 29.9. The summed E-state index contributed by atoms with van der Waals surface area (Å²) in [7, 11) is 5.40. The average molecular weight is 582 g/mol. The van der Waals surface area contributed by atoms with Crippen LogP contribution in [0.25, 0.3) is 11.1 Å². The van der Waals surface area contributed by atoms with E-state index in [9.17, 15) is 9.59 Å². The number of anilines is 1. The topological polar surface area (TPSA) is 99.3 Å². The zero-order valence-corrected chi connectivity index (χ0v) is 26.0. The van der Waals surface area contributed by atoms with E-state index in [1.165, 1.54) is 25.3 Å². The minimum absolute atomic E-state index is 0.0413. The molecule has 9 heteroatoms. The second-order valence-corrected chi connectivity index (χ2v) is 10.9. The third-order valence-electron chi connectivity index (χ3n) is 7.38. The van der Waals surface area contributed by atoms with Crippen molar-refractivity contribution in [1.82, 2.24) is 20.6 Å². The van der Waals surface area contributed by atoms with E-state index in [2.05, 4.69) is 38.5 Å². The molecule has 8 nitrogen and oxygen atoms in total. The number of hydrogen-bond donors (Lipinski definition) is 3. The van der Waals surface area contributed by atoms with Crippen LogP contribution >= 0.6 is 11.6 Å². The molecule has 3 N–H and O–H groups in total. The van der Waals surface area contributed by atoms with Crippen LogP contribution in [0.15, 0.2) is 41.3 Å². The van der Waals surface area contributed by atoms with Crippen LogP contribution in [-0.4, -0.2) is 49.7 Å². The predicted molar refractivity (Wildman–Crippen MR) is 168 cm³/mol. The summed E-state index contributed by atoms with van der Waals surface area (Å²) in [6.07, 6.45) is 7.86. The first-order chi connectivity index (χ1) is 19.7. The Kier molecular flexibility index (Phi) is 12.4. The molecule has 222 valence electrons. The summed E-state index contributed by atoms with van der Waals surface area (Å²) < 4.78 is 5.20. The number of methoxy groups -OCH3 is 1. The number of pyridine rings is 2. The molecule has 1 aliphatic carbocycles. The molecule has 0 atom stereocenters. The summed E-state index contributed by atoms with van der Waals surface area (Å²) in [6.45, 7) is 7.29. The number of aromatic amines is 1. The molecule has 1 aliphatic rings. The van der Waals surface area contributed by atoms with E-state index in [0.29, 0.717) is 29.5 Å². The smallest absolute Gasteiger partial charge is 0.251 e. The number of amides is 1. The Morgan fingerprint density at radius 2 is 1.83 bits per heavy atom. The highest BCUT2D eigenvalue weighted by Crippen LogP contribution is 2.35. The normalized spacial score (nSPS) is 13.3. The van der Waals surface area contributed by atoms with Gasteiger partial charge in [0.2, 0.25) is 0 Å². The Bertz CT molecular complexity index is 1350. The number of carbonyl (C=O) groups excluding carboxylic acids is 1. The van der Waals surface area contributed by atoms with E-state index in [0.717, 1.165) is 47.5 Å². The number of aryl methyl sites for hydroxylation is 1. The van der Waals surface area contributed by atoms with Crippen LogP contribution in [-0.2, 0) is 17.9 Å². The zero-order valence-electron chi connectivity index (χ0n) is 25.2. The van der Waals surface area contributed by atoms with E-state index in [1.54, 1.807) is 14.0 Å². The van der Waals surface area contributed by atoms with E-state index >= 15 is 0 Å². The van der Waals surface area contributed by atoms with Crippen LogP contribution in [0, 0.1) is 13.8 Å². The minimum Gasteiger partial charge on any atom is -0.378 e. The second kappa shape index (κ2) is 15.7. The number of rotatable bonds is 9. The molecule has 0 bridgehead atoms. The van der Waals surface area contributed by atoms with Crippen LogP contribution in [0.3, 0.4) is 0 Å². The first-order valence-electron chi connectivity index (χ1n) is 14.3. The number of benzene rings is 1. The molecule has 1 saturated carbocycles. The molecule has 41 heavy (non-hydrogen) atoms. The maximum atomic E-state index is 13.6. The number of nitrogens with one attached hydrogen (secondary N) is 3. The van der Waals surface area contributed by atoms with E-state index in [4.69, 9.17) is 16.3 Å². The molecular weight excluding hydrogens is 538 g/mol. The summed E-state index contributed by atoms with van der Waals surface area (Å²) in [5, 5.41) is 5.93. The lowest BCUT2D eigenvalue weighted by molar-refractivity contribution is 0.0950. The molecule has 0 spiro atoms. The first kappa shape index (κ1) is 32.3. The third-order valence-corrected chi connectivity index (χ3v) is 7.71. The van der Waals surface area contributed by atoms with Gasteiger partial charge in [-0.3, -0.25) is 14.6 Å². The fraction of sp³-hybridized carbons (Fsp3) is 0.469. The number of ether oxygens (including phenoxy) is 1. The summed E-state index contributed by atoms with van der Waals surface area (Å²) in [4.78, 5) is 36.0. The number of aromatic nitrogens is 2. The van der Waals surface area contributed by atoms with Gasteiger partial charge in [0, 0.05) is 61.0 Å². The van der Waals surface area contributed by atoms with E-state index < -0.39 is 0 Å². The number of halogens is 1. The molecule has 3 aromatic rings. The van der Waals surface area contributed by atoms with Crippen molar-refractivity contribution < 1.29 is 9.53 Å². The summed E-state index contributed by atoms with van der Waals surface area (Å²) in [5.74, 6) is -0.245. The Morgan fingerprint density at radius 1 is 1.12 bits per heavy atom. The minimum atomic E-state index is -0.245. The molecule has 0 aliphatic heterocycles. The van der Waals surface area contributed by atoms with Crippen LogP contribution in [0.1, 0.15) is 71.9 Å². The van der Waals surface area contributed by atoms with Gasteiger partial charge in [-0.25, -0.2) is 0 Å². The summed E-state index contributed by atoms with van der Waals surface area (Å²) >= 11 is 6.28. The van der Waals surface area contributed by atoms with Gasteiger partial charge in [-0.15, -0.1) is 0 Å². The third kappa shape index (κ3) is 8.41. The Hall–Kier alpha value is -3.20. The summed E-state index contributed by atoms with van der Waals surface area (Å²) in [6, 6.07) is 9.99. The van der Waals surface area contributed by atoms with Gasteiger partial charge in [0.05, 0.1) is 17.9 Å². The molecule has 2 heterocycles. The van der Waals surface area contributed by atoms with Crippen LogP contribution in [0.4, 0.5) is 5.69 Å². The van der Waals surface area contributed by atoms with Gasteiger partial charge in [0.25, 0.3) is 5.91 Å². The molecule has 1 fully saturated rings. The lowest BCUT2D eigenvalue weighted by Crippen LogP contribution is -2.37. The fourth-order valence-corrected chi connectivity index (χ4v) is 5.66. The highest BCUT2D eigenvalue weighted by atomic mass is 35.5. The van der Waals surface area contributed by atoms with Gasteiger partial charge >= 0.3 is 0 Å². The van der Waals surface area contributed by atoms with Gasteiger partial charge < -0.3 is 25.3 Å². The lowest BCUT2D eigenvalue weighted by atomic mass is 9.91. The lowest BCUT2D eigenvalue weighted by Gasteiger charge is -2.37. The standard InChI is InChI=1S/C30H37ClN4O3.C2H7N/c1-5-35(24-9-7-6-8-10-24)27-15-22(21-11-12-23(18-38-4)32-16-21)14-25(20(27)3)30(37)33-17-26-28(36)13-19(2)34-29(26)31;1-3-2/h11-16,24H,5-10,17-18H2,1-4H3,(H,33,37)(H,34,36);3H,1-2H3. The second-order valence-electron chi connectivity index (χ2n) is 10.5. The summed E-state index contributed by atoms with van der Waals surface area (Å²) in [5.41, 5.74) is 6.08. The molecule has 0 radical (unpaired) electrons. The SMILES string of the molecule is CCN(c1cc(-c2ccc(COC)nc2)cc(C(=O)NCc2c(Cl)[nH]c(C)cc2=O)c1C)C1CCCCC1.CNC. The molecule has 2 aromatic heterocycles. The van der Waals surface area contributed by atoms with Crippen molar-refractivity contribution in [2.75, 3.05) is 32.6 Å². The maximum Gasteiger partial charge on any atom is 0.251 e. The molecule has 1 aromatic carbocycles. The number of nitrogens with zero attached hydrogens (tertiary/aromatic N) is 2. The monoisotopic (exact) mass is 581 g/mol. The van der Waals surface area contributed by atoms with Crippen molar-refractivity contribution in [3.8, 4) is 11.1 Å². The quantitative estimate of drug-likeness (QED) is 0.277. The molecule has 1 amide bonds. The van der Waals surface area contributed by atoms with E-state index in [-0.39, 0.29) is 23.0 Å². The predicted octanol–water partition coefficient (Wildman–Crippen LogP) is 5.78. The average Bonchev–Trinajstić information content (AvgIpc) is 2.95. The van der Waals surface area contributed by atoms with Gasteiger partial charge in [-0.1, -0.05) is 36.9 Å². The van der Waals surface area contributed by atoms with Gasteiger partial charge in [-0.05, 0) is 77.0 Å².